The van der Waals surface area contributed by atoms with E-state index in [1.165, 1.54) is 51.3 Å². The molecule has 0 bridgehead atoms. The van der Waals surface area contributed by atoms with Gasteiger partial charge in [-0.05, 0) is 50.4 Å². The van der Waals surface area contributed by atoms with Crippen LogP contribution in [-0.2, 0) is 23.2 Å². The first kappa shape index (κ1) is 26.1. The van der Waals surface area contributed by atoms with Gasteiger partial charge in [0.25, 0.3) is 0 Å². The fraction of sp³-hybridized carbons (Fsp3) is 0.667. The molecule has 33 heavy (non-hydrogen) atoms. The molecule has 12 heteroatoms. The van der Waals surface area contributed by atoms with E-state index < -0.39 is 21.9 Å². The molecule has 186 valence electrons. The minimum atomic E-state index is -4.55. The number of nitrogens with one attached hydrogen (secondary N) is 3. The van der Waals surface area contributed by atoms with E-state index in [4.69, 9.17) is 0 Å². The quantitative estimate of drug-likeness (QED) is 0.381. The lowest BCUT2D eigenvalue weighted by atomic mass is 9.95. The number of alkyl halides is 3. The van der Waals surface area contributed by atoms with Crippen LogP contribution in [0.5, 0.6) is 0 Å². The summed E-state index contributed by atoms with van der Waals surface area (Å²) in [6, 6.07) is 4.48. The van der Waals surface area contributed by atoms with Crippen molar-refractivity contribution in [3.8, 4) is 10.6 Å². The molecule has 7 nitrogen and oxygen atoms in total. The molecule has 0 unspecified atom stereocenters. The molecule has 1 aliphatic carbocycles. The lowest BCUT2D eigenvalue weighted by Crippen LogP contribution is -2.36. The van der Waals surface area contributed by atoms with Gasteiger partial charge in [-0.2, -0.15) is 18.3 Å². The molecule has 0 aromatic carbocycles. The van der Waals surface area contributed by atoms with Gasteiger partial charge in [0, 0.05) is 32.7 Å². The highest BCUT2D eigenvalue weighted by Crippen LogP contribution is 2.35. The molecule has 0 saturated heterocycles. The van der Waals surface area contributed by atoms with Crippen LogP contribution in [0.15, 0.2) is 22.4 Å². The number of halogens is 3. The molecular weight excluding hydrogens is 475 g/mol. The van der Waals surface area contributed by atoms with E-state index in [1.807, 2.05) is 0 Å². The number of aromatic nitrogens is 2. The second kappa shape index (κ2) is 11.8. The highest BCUT2D eigenvalue weighted by atomic mass is 32.2. The van der Waals surface area contributed by atoms with Crippen LogP contribution in [0.3, 0.4) is 0 Å². The number of hydrogen-bond acceptors (Lipinski definition) is 6. The topological polar surface area (TPSA) is 88.0 Å². The first-order valence-electron chi connectivity index (χ1n) is 11.3. The van der Waals surface area contributed by atoms with Crippen LogP contribution in [0.4, 0.5) is 13.2 Å². The second-order valence-electron chi connectivity index (χ2n) is 8.30. The summed E-state index contributed by atoms with van der Waals surface area (Å²) in [5, 5.41) is 10.4. The first-order chi connectivity index (χ1) is 15.7. The molecule has 0 atom stereocenters. The van der Waals surface area contributed by atoms with E-state index >= 15 is 0 Å². The standard InChI is InChI=1S/C21H32F3N5O2S2/c1-29-17(15-19(28-29)21(22,23)24)18-9-10-20(32-18)33(30,31)27-12-6-5-11-25-13-14-26-16-7-3-2-4-8-16/h9-10,15-16,25-27H,2-8,11-14H2,1H3. The second-order valence-corrected chi connectivity index (χ2v) is 11.4. The molecule has 1 fully saturated rings. The Hall–Kier alpha value is -1.47. The maximum Gasteiger partial charge on any atom is 0.435 e. The van der Waals surface area contributed by atoms with Crippen LogP contribution in [0.25, 0.3) is 10.6 Å². The third-order valence-electron chi connectivity index (χ3n) is 5.68. The van der Waals surface area contributed by atoms with Gasteiger partial charge < -0.3 is 10.6 Å². The Bertz CT molecular complexity index is 982. The Labute approximate surface area is 197 Å². The maximum atomic E-state index is 12.9. The summed E-state index contributed by atoms with van der Waals surface area (Å²) in [5.74, 6) is 0. The van der Waals surface area contributed by atoms with Crippen molar-refractivity contribution in [2.45, 2.75) is 61.4 Å². The number of sulfonamides is 1. The van der Waals surface area contributed by atoms with E-state index in [2.05, 4.69) is 20.5 Å². The molecule has 0 spiro atoms. The molecule has 2 heterocycles. The highest BCUT2D eigenvalue weighted by Gasteiger charge is 2.35. The van der Waals surface area contributed by atoms with Crippen LogP contribution in [-0.4, -0.2) is 50.4 Å². The van der Waals surface area contributed by atoms with Crippen LogP contribution < -0.4 is 15.4 Å². The Morgan fingerprint density at radius 2 is 1.82 bits per heavy atom. The van der Waals surface area contributed by atoms with Crippen molar-refractivity contribution in [2.24, 2.45) is 7.05 Å². The van der Waals surface area contributed by atoms with E-state index in [-0.39, 0.29) is 9.90 Å². The van der Waals surface area contributed by atoms with Crippen molar-refractivity contribution in [3.05, 3.63) is 23.9 Å². The zero-order chi connectivity index (χ0) is 23.9. The lowest BCUT2D eigenvalue weighted by molar-refractivity contribution is -0.141. The molecule has 1 saturated carbocycles. The third kappa shape index (κ3) is 7.78. The fourth-order valence-electron chi connectivity index (χ4n) is 3.89. The van der Waals surface area contributed by atoms with Gasteiger partial charge in [-0.15, -0.1) is 11.3 Å². The van der Waals surface area contributed by atoms with E-state index in [0.717, 1.165) is 48.1 Å². The van der Waals surface area contributed by atoms with Crippen LogP contribution in [0, 0.1) is 0 Å². The summed E-state index contributed by atoms with van der Waals surface area (Å²) in [6.07, 6.45) is 3.50. The summed E-state index contributed by atoms with van der Waals surface area (Å²) in [6.45, 7) is 2.96. The number of hydrogen-bond donors (Lipinski definition) is 3. The monoisotopic (exact) mass is 507 g/mol. The molecule has 1 aliphatic rings. The van der Waals surface area contributed by atoms with E-state index in [0.29, 0.717) is 23.9 Å². The highest BCUT2D eigenvalue weighted by molar-refractivity contribution is 7.91. The van der Waals surface area contributed by atoms with Gasteiger partial charge in [0.2, 0.25) is 10.0 Å². The number of nitrogens with zero attached hydrogens (tertiary/aromatic N) is 2. The Morgan fingerprint density at radius 3 is 2.52 bits per heavy atom. The Kier molecular flexibility index (Phi) is 9.34. The zero-order valence-corrected chi connectivity index (χ0v) is 20.4. The molecule has 3 rings (SSSR count). The summed E-state index contributed by atoms with van der Waals surface area (Å²) in [4.78, 5) is 0.409. The number of rotatable bonds is 12. The zero-order valence-electron chi connectivity index (χ0n) is 18.7. The fourth-order valence-corrected chi connectivity index (χ4v) is 6.36. The summed E-state index contributed by atoms with van der Waals surface area (Å²) in [5.41, 5.74) is -0.785. The summed E-state index contributed by atoms with van der Waals surface area (Å²) >= 11 is 0.922. The average Bonchev–Trinajstić information content (AvgIpc) is 3.40. The number of thiophene rings is 1. The molecule has 2 aromatic heterocycles. The normalized spacial score (nSPS) is 15.9. The van der Waals surface area contributed by atoms with Crippen molar-refractivity contribution in [3.63, 3.8) is 0 Å². The van der Waals surface area contributed by atoms with Crippen LogP contribution in [0.2, 0.25) is 0 Å². The minimum Gasteiger partial charge on any atom is -0.315 e. The Balaban J connectivity index is 1.36. The smallest absolute Gasteiger partial charge is 0.315 e. The Morgan fingerprint density at radius 1 is 1.09 bits per heavy atom. The predicted molar refractivity (Wildman–Crippen MR) is 124 cm³/mol. The largest absolute Gasteiger partial charge is 0.435 e. The van der Waals surface area contributed by atoms with Crippen molar-refractivity contribution in [2.75, 3.05) is 26.2 Å². The number of aryl methyl sites for hydroxylation is 1. The molecule has 3 N–H and O–H groups in total. The van der Waals surface area contributed by atoms with Gasteiger partial charge in [0.05, 0.1) is 10.6 Å². The molecular formula is C21H32F3N5O2S2. The third-order valence-corrected chi connectivity index (χ3v) is 8.74. The van der Waals surface area contributed by atoms with Gasteiger partial charge in [0.1, 0.15) is 4.21 Å². The summed E-state index contributed by atoms with van der Waals surface area (Å²) in [7, 11) is -2.31. The first-order valence-corrected chi connectivity index (χ1v) is 13.6. The van der Waals surface area contributed by atoms with Crippen molar-refractivity contribution in [1.29, 1.82) is 0 Å². The minimum absolute atomic E-state index is 0.0687. The van der Waals surface area contributed by atoms with Crippen LogP contribution >= 0.6 is 11.3 Å². The summed E-state index contributed by atoms with van der Waals surface area (Å²) < 4.78 is 67.4. The van der Waals surface area contributed by atoms with Gasteiger partial charge in [0.15, 0.2) is 5.69 Å². The lowest BCUT2D eigenvalue weighted by Gasteiger charge is -2.22. The van der Waals surface area contributed by atoms with Gasteiger partial charge in [-0.3, -0.25) is 4.68 Å². The van der Waals surface area contributed by atoms with Crippen molar-refractivity contribution in [1.82, 2.24) is 25.1 Å². The molecule has 0 radical (unpaired) electrons. The molecule has 0 amide bonds. The molecule has 0 aliphatic heterocycles. The van der Waals surface area contributed by atoms with E-state index in [9.17, 15) is 21.6 Å². The van der Waals surface area contributed by atoms with E-state index in [1.54, 1.807) is 0 Å². The van der Waals surface area contributed by atoms with Crippen molar-refractivity contribution >= 4 is 21.4 Å². The SMILES string of the molecule is Cn1nc(C(F)(F)F)cc1-c1ccc(S(=O)(=O)NCCCCNCCNC2CCCCC2)s1. The average molecular weight is 508 g/mol. The van der Waals surface area contributed by atoms with Gasteiger partial charge in [-0.25, -0.2) is 13.1 Å². The number of unbranched alkanes of at least 4 members (excludes halogenated alkanes) is 1. The van der Waals surface area contributed by atoms with Crippen molar-refractivity contribution < 1.29 is 21.6 Å². The predicted octanol–water partition coefficient (Wildman–Crippen LogP) is 3.74. The van der Waals surface area contributed by atoms with Gasteiger partial charge in [-0.1, -0.05) is 19.3 Å². The van der Waals surface area contributed by atoms with Crippen LogP contribution in [0.1, 0.15) is 50.6 Å². The van der Waals surface area contributed by atoms with Gasteiger partial charge >= 0.3 is 6.18 Å². The molecule has 2 aromatic rings. The maximum absolute atomic E-state index is 12.9.